The molecule has 0 atom stereocenters. The van der Waals surface area contributed by atoms with E-state index in [9.17, 15) is 0 Å². The van der Waals surface area contributed by atoms with Gasteiger partial charge in [0.05, 0.1) is 0 Å². The van der Waals surface area contributed by atoms with Gasteiger partial charge in [0.1, 0.15) is 0 Å². The zero-order chi connectivity index (χ0) is 45.9. The van der Waals surface area contributed by atoms with Crippen LogP contribution in [0.2, 0.25) is 0 Å². The molecule has 3 heteroatoms. The third kappa shape index (κ3) is 32.1. The quantitative estimate of drug-likeness (QED) is 0.0561. The molecular weight excluding hydrogens is 763 g/mol. The fraction of sp³-hybridized carbons (Fsp3) is 0.600. The average molecular weight is 860 g/mol. The molecule has 1 aromatic carbocycles. The molecule has 1 aliphatic rings. The van der Waals surface area contributed by atoms with Crippen molar-refractivity contribution in [2.24, 2.45) is 0 Å². The Labute approximate surface area is 391 Å². The van der Waals surface area contributed by atoms with E-state index >= 15 is 0 Å². The van der Waals surface area contributed by atoms with Crippen LogP contribution in [-0.4, -0.2) is 55.6 Å². The minimum Gasteiger partial charge on any atom is -0.313 e. The number of allylic oxidation sites excluding steroid dienone is 17. The molecular formula is C60H97N3. The smallest absolute Gasteiger partial charge is 0.0205 e. The van der Waals surface area contributed by atoms with Crippen LogP contribution >= 0.6 is 0 Å². The summed E-state index contributed by atoms with van der Waals surface area (Å²) in [5.41, 5.74) is 15.1. The van der Waals surface area contributed by atoms with Crippen molar-refractivity contribution in [3.8, 4) is 0 Å². The Kier molecular flexibility index (Phi) is 32.0. The summed E-state index contributed by atoms with van der Waals surface area (Å²) in [6.45, 7) is 32.1. The Balaban J connectivity index is 1.50. The summed E-state index contributed by atoms with van der Waals surface area (Å²) in [4.78, 5) is 5.29. The van der Waals surface area contributed by atoms with Crippen LogP contribution in [-0.2, 0) is 6.54 Å². The summed E-state index contributed by atoms with van der Waals surface area (Å²) >= 11 is 0. The molecule has 0 unspecified atom stereocenters. The lowest BCUT2D eigenvalue weighted by molar-refractivity contribution is 0.140. The molecule has 1 aromatic rings. The molecule has 0 radical (unpaired) electrons. The first kappa shape index (κ1) is 55.9. The first-order valence-corrected chi connectivity index (χ1v) is 25.5. The van der Waals surface area contributed by atoms with E-state index in [1.54, 1.807) is 0 Å². The van der Waals surface area contributed by atoms with Crippen LogP contribution < -0.4 is 5.32 Å². The summed E-state index contributed by atoms with van der Waals surface area (Å²) in [6, 6.07) is 10.7. The van der Waals surface area contributed by atoms with Crippen LogP contribution in [0, 0.1) is 0 Å². The van der Waals surface area contributed by atoms with Gasteiger partial charge in [-0.1, -0.05) is 135 Å². The first-order chi connectivity index (χ1) is 30.4. The third-order valence-corrected chi connectivity index (χ3v) is 12.7. The van der Waals surface area contributed by atoms with Crippen molar-refractivity contribution >= 4 is 0 Å². The fourth-order valence-electron chi connectivity index (χ4n) is 8.12. The maximum Gasteiger partial charge on any atom is 0.0205 e. The van der Waals surface area contributed by atoms with Gasteiger partial charge < -0.3 is 10.2 Å². The fourth-order valence-corrected chi connectivity index (χ4v) is 8.12. The standard InChI is InChI=1S/C60H97N3/c1-51(2)24-16-25-52(3)26-17-27-53(4)28-18-29-54(5)30-19-31-55(6)32-20-33-56(7)34-21-35-57(8)36-22-37-58(9)38-23-39-59(10)42-45-63-48-46-62(47-49-63)44-15-14-43-61-50-60-40-12-11-13-41-60/h11-13,24,26,28,30,32,34,36,38,40-42,61H,14-23,25,27,29,31,33,35,37,39,43-50H2,1-10H3/b52-26+,53-28+,54-30+,55-32+,56-34+,57-36+,58-38+,59-42+. The van der Waals surface area contributed by atoms with Crippen LogP contribution in [0.15, 0.2) is 135 Å². The van der Waals surface area contributed by atoms with Crippen LogP contribution in [0.1, 0.15) is 190 Å². The highest BCUT2D eigenvalue weighted by molar-refractivity contribution is 5.14. The van der Waals surface area contributed by atoms with E-state index in [0.717, 1.165) is 58.2 Å². The maximum atomic E-state index is 3.59. The Morgan fingerprint density at radius 3 is 1.11 bits per heavy atom. The van der Waals surface area contributed by atoms with Gasteiger partial charge in [0.15, 0.2) is 0 Å². The summed E-state index contributed by atoms with van der Waals surface area (Å²) < 4.78 is 0. The first-order valence-electron chi connectivity index (χ1n) is 25.5. The van der Waals surface area contributed by atoms with Crippen LogP contribution in [0.3, 0.4) is 0 Å². The van der Waals surface area contributed by atoms with Gasteiger partial charge in [-0.15, -0.1) is 0 Å². The predicted molar refractivity (Wildman–Crippen MR) is 284 cm³/mol. The second-order valence-corrected chi connectivity index (χ2v) is 19.5. The number of hydrogen-bond donors (Lipinski definition) is 1. The summed E-state index contributed by atoms with van der Waals surface area (Å²) in [7, 11) is 0. The Morgan fingerprint density at radius 2 is 0.746 bits per heavy atom. The number of nitrogens with one attached hydrogen (secondary N) is 1. The highest BCUT2D eigenvalue weighted by Gasteiger charge is 2.15. The Hall–Kier alpha value is -3.24. The maximum absolute atomic E-state index is 3.59. The topological polar surface area (TPSA) is 18.5 Å². The van der Waals surface area contributed by atoms with E-state index in [0.29, 0.717) is 0 Å². The van der Waals surface area contributed by atoms with Gasteiger partial charge in [-0.2, -0.15) is 0 Å². The van der Waals surface area contributed by atoms with Gasteiger partial charge in [-0.3, -0.25) is 4.90 Å². The lowest BCUT2D eigenvalue weighted by Crippen LogP contribution is -2.46. The van der Waals surface area contributed by atoms with Gasteiger partial charge in [0.2, 0.25) is 0 Å². The van der Waals surface area contributed by atoms with Crippen molar-refractivity contribution in [3.63, 3.8) is 0 Å². The SMILES string of the molecule is CC(C)=CCC/C(C)=C/CC/C(C)=C/CC/C(C)=C/CC/C(C)=C/CC/C(C)=C/CC/C(C)=C/CC/C(C)=C/CC/C(C)=C/CN1CCN(CCCCNCc2ccccc2)CC1. The van der Waals surface area contributed by atoms with E-state index in [2.05, 4.69) is 169 Å². The van der Waals surface area contributed by atoms with Gasteiger partial charge in [0, 0.05) is 39.3 Å². The minimum absolute atomic E-state index is 0.979. The van der Waals surface area contributed by atoms with E-state index in [1.807, 2.05) is 0 Å². The Bertz CT molecular complexity index is 1640. The zero-order valence-corrected chi connectivity index (χ0v) is 42.9. The molecule has 1 fully saturated rings. The number of benzene rings is 1. The molecule has 1 aliphatic heterocycles. The molecule has 0 aromatic heterocycles. The van der Waals surface area contributed by atoms with Gasteiger partial charge >= 0.3 is 0 Å². The lowest BCUT2D eigenvalue weighted by Gasteiger charge is -2.34. The van der Waals surface area contributed by atoms with Gasteiger partial charge in [-0.05, 0) is 203 Å². The molecule has 0 spiro atoms. The lowest BCUT2D eigenvalue weighted by atomic mass is 10.0. The molecule has 352 valence electrons. The Morgan fingerprint density at radius 1 is 0.413 bits per heavy atom. The summed E-state index contributed by atoms with van der Waals surface area (Å²) in [5, 5.41) is 3.59. The van der Waals surface area contributed by atoms with Crippen molar-refractivity contribution in [3.05, 3.63) is 141 Å². The number of nitrogens with zero attached hydrogens (tertiary/aromatic N) is 2. The summed E-state index contributed by atoms with van der Waals surface area (Å²) in [6.07, 6.45) is 43.4. The molecule has 1 N–H and O–H groups in total. The average Bonchev–Trinajstić information content (AvgIpc) is 3.24. The molecule has 63 heavy (non-hydrogen) atoms. The normalized spacial score (nSPS) is 16.0. The van der Waals surface area contributed by atoms with Gasteiger partial charge in [-0.25, -0.2) is 0 Å². The molecule has 3 nitrogen and oxygen atoms in total. The molecule has 0 saturated carbocycles. The van der Waals surface area contributed by atoms with Crippen molar-refractivity contribution in [2.75, 3.05) is 45.8 Å². The highest BCUT2D eigenvalue weighted by atomic mass is 15.3. The van der Waals surface area contributed by atoms with Crippen molar-refractivity contribution in [2.45, 2.75) is 191 Å². The summed E-state index contributed by atoms with van der Waals surface area (Å²) in [5.74, 6) is 0. The van der Waals surface area contributed by atoms with E-state index in [1.165, 1.54) is 165 Å². The highest BCUT2D eigenvalue weighted by Crippen LogP contribution is 2.18. The van der Waals surface area contributed by atoms with Crippen molar-refractivity contribution < 1.29 is 0 Å². The van der Waals surface area contributed by atoms with Crippen molar-refractivity contribution in [1.82, 2.24) is 15.1 Å². The minimum atomic E-state index is 0.979. The molecule has 0 aliphatic carbocycles. The van der Waals surface area contributed by atoms with Crippen LogP contribution in [0.25, 0.3) is 0 Å². The van der Waals surface area contributed by atoms with E-state index in [-0.39, 0.29) is 0 Å². The second kappa shape index (κ2) is 36.0. The monoisotopic (exact) mass is 860 g/mol. The molecule has 2 rings (SSSR count). The largest absolute Gasteiger partial charge is 0.313 e. The van der Waals surface area contributed by atoms with E-state index < -0.39 is 0 Å². The van der Waals surface area contributed by atoms with E-state index in [4.69, 9.17) is 0 Å². The van der Waals surface area contributed by atoms with Gasteiger partial charge in [0.25, 0.3) is 0 Å². The molecule has 0 bridgehead atoms. The molecule has 1 saturated heterocycles. The second-order valence-electron chi connectivity index (χ2n) is 19.5. The van der Waals surface area contributed by atoms with Crippen LogP contribution in [0.4, 0.5) is 0 Å². The third-order valence-electron chi connectivity index (χ3n) is 12.7. The molecule has 1 heterocycles. The number of piperazine rings is 1. The predicted octanol–water partition coefficient (Wildman–Crippen LogP) is 17.0. The number of rotatable bonds is 33. The van der Waals surface area contributed by atoms with Crippen molar-refractivity contribution in [1.29, 1.82) is 0 Å². The van der Waals surface area contributed by atoms with Crippen LogP contribution in [0.5, 0.6) is 0 Å². The zero-order valence-electron chi connectivity index (χ0n) is 42.9. The number of hydrogen-bond acceptors (Lipinski definition) is 3. The number of unbranched alkanes of at least 4 members (excludes halogenated alkanes) is 1. The molecule has 0 amide bonds.